The van der Waals surface area contributed by atoms with Crippen molar-refractivity contribution in [3.8, 4) is 0 Å². The lowest BCUT2D eigenvalue weighted by atomic mass is 9.96. The number of halogens is 1. The molecule has 0 aliphatic rings. The van der Waals surface area contributed by atoms with Gasteiger partial charge in [0.05, 0.1) is 10.7 Å². The monoisotopic (exact) mass is 273 g/mol. The molecule has 0 radical (unpaired) electrons. The Morgan fingerprint density at radius 2 is 1.58 bits per heavy atom. The summed E-state index contributed by atoms with van der Waals surface area (Å²) in [6, 6.07) is 12.6. The van der Waals surface area contributed by atoms with Crippen LogP contribution in [0.15, 0.2) is 36.4 Å². The highest BCUT2D eigenvalue weighted by atomic mass is 35.5. The van der Waals surface area contributed by atoms with Crippen LogP contribution in [0.25, 0.3) is 0 Å². The number of para-hydroxylation sites is 1. The molecule has 0 fully saturated rings. The van der Waals surface area contributed by atoms with Crippen LogP contribution in [0.2, 0.25) is 5.02 Å². The number of hydrogen-bond donors (Lipinski definition) is 1. The number of anilines is 1. The van der Waals surface area contributed by atoms with E-state index in [9.17, 15) is 0 Å². The van der Waals surface area contributed by atoms with E-state index in [0.29, 0.717) is 0 Å². The van der Waals surface area contributed by atoms with Crippen molar-refractivity contribution in [3.63, 3.8) is 0 Å². The zero-order valence-corrected chi connectivity index (χ0v) is 12.7. The molecular formula is C17H20ClN. The van der Waals surface area contributed by atoms with E-state index in [1.807, 2.05) is 24.3 Å². The molecular weight excluding hydrogens is 254 g/mol. The summed E-state index contributed by atoms with van der Waals surface area (Å²) in [7, 11) is 0. The van der Waals surface area contributed by atoms with Crippen LogP contribution in [-0.2, 0) is 0 Å². The summed E-state index contributed by atoms with van der Waals surface area (Å²) >= 11 is 6.19. The molecule has 0 saturated carbocycles. The lowest BCUT2D eigenvalue weighted by molar-refractivity contribution is 0.870. The predicted octanol–water partition coefficient (Wildman–Crippen LogP) is 5.44. The topological polar surface area (TPSA) is 12.0 Å². The molecule has 0 amide bonds. The van der Waals surface area contributed by atoms with Crippen LogP contribution in [0.5, 0.6) is 0 Å². The van der Waals surface area contributed by atoms with Crippen molar-refractivity contribution < 1.29 is 0 Å². The third-order valence-corrected chi connectivity index (χ3v) is 3.92. The normalized spacial score (nSPS) is 12.3. The predicted molar refractivity (Wildman–Crippen MR) is 84.1 cm³/mol. The Morgan fingerprint density at radius 1 is 0.947 bits per heavy atom. The van der Waals surface area contributed by atoms with Gasteiger partial charge in [0.2, 0.25) is 0 Å². The minimum atomic E-state index is 0.235. The molecule has 19 heavy (non-hydrogen) atoms. The first-order valence-electron chi connectivity index (χ1n) is 6.58. The van der Waals surface area contributed by atoms with Crippen molar-refractivity contribution in [3.05, 3.63) is 63.7 Å². The quantitative estimate of drug-likeness (QED) is 0.785. The van der Waals surface area contributed by atoms with Crippen molar-refractivity contribution in [1.82, 2.24) is 0 Å². The lowest BCUT2D eigenvalue weighted by Gasteiger charge is -2.20. The van der Waals surface area contributed by atoms with Gasteiger partial charge in [-0.3, -0.25) is 0 Å². The average Bonchev–Trinajstić information content (AvgIpc) is 2.36. The van der Waals surface area contributed by atoms with Crippen molar-refractivity contribution in [2.75, 3.05) is 5.32 Å². The summed E-state index contributed by atoms with van der Waals surface area (Å²) < 4.78 is 0. The number of hydrogen-bond acceptors (Lipinski definition) is 1. The first kappa shape index (κ1) is 14.0. The van der Waals surface area contributed by atoms with Crippen LogP contribution in [0.3, 0.4) is 0 Å². The van der Waals surface area contributed by atoms with E-state index < -0.39 is 0 Å². The fraction of sp³-hybridized carbons (Fsp3) is 0.294. The van der Waals surface area contributed by atoms with Crippen molar-refractivity contribution >= 4 is 17.3 Å². The highest BCUT2D eigenvalue weighted by Gasteiger charge is 2.11. The smallest absolute Gasteiger partial charge is 0.0637 e. The molecule has 2 rings (SSSR count). The second-order valence-electron chi connectivity index (χ2n) is 5.14. The second-order valence-corrected chi connectivity index (χ2v) is 5.55. The lowest BCUT2D eigenvalue weighted by Crippen LogP contribution is -2.09. The minimum absolute atomic E-state index is 0.235. The molecule has 100 valence electrons. The molecule has 1 unspecified atom stereocenters. The van der Waals surface area contributed by atoms with Crippen molar-refractivity contribution in [2.45, 2.75) is 33.7 Å². The number of aryl methyl sites for hydroxylation is 3. The zero-order chi connectivity index (χ0) is 14.0. The molecule has 1 N–H and O–H groups in total. The summed E-state index contributed by atoms with van der Waals surface area (Å²) in [5.41, 5.74) is 6.28. The maximum absolute atomic E-state index is 6.19. The van der Waals surface area contributed by atoms with E-state index in [1.54, 1.807) is 0 Å². The Kier molecular flexibility index (Phi) is 4.16. The SMILES string of the molecule is Cc1cc(C)c(C(C)Nc2ccccc2Cl)cc1C. The fourth-order valence-corrected chi connectivity index (χ4v) is 2.53. The van der Waals surface area contributed by atoms with Gasteiger partial charge in [0.1, 0.15) is 0 Å². The molecule has 2 heteroatoms. The Hall–Kier alpha value is -1.47. The van der Waals surface area contributed by atoms with Gasteiger partial charge in [-0.05, 0) is 62.1 Å². The molecule has 1 nitrogen and oxygen atoms in total. The molecule has 0 spiro atoms. The largest absolute Gasteiger partial charge is 0.377 e. The van der Waals surface area contributed by atoms with E-state index >= 15 is 0 Å². The standard InChI is InChI=1S/C17H20ClN/c1-11-9-13(3)15(10-12(11)2)14(4)19-17-8-6-5-7-16(17)18/h5-10,14,19H,1-4H3. The molecule has 1 atom stereocenters. The molecule has 0 bridgehead atoms. The van der Waals surface area contributed by atoms with Gasteiger partial charge in [-0.25, -0.2) is 0 Å². The van der Waals surface area contributed by atoms with E-state index in [0.717, 1.165) is 10.7 Å². The zero-order valence-electron chi connectivity index (χ0n) is 11.9. The number of nitrogens with one attached hydrogen (secondary N) is 1. The summed E-state index contributed by atoms with van der Waals surface area (Å²) in [5.74, 6) is 0. The van der Waals surface area contributed by atoms with Gasteiger partial charge in [0.25, 0.3) is 0 Å². The van der Waals surface area contributed by atoms with Crippen LogP contribution in [0.1, 0.15) is 35.2 Å². The third-order valence-electron chi connectivity index (χ3n) is 3.59. The van der Waals surface area contributed by atoms with Crippen LogP contribution in [-0.4, -0.2) is 0 Å². The fourth-order valence-electron chi connectivity index (χ4n) is 2.34. The summed E-state index contributed by atoms with van der Waals surface area (Å²) in [6.07, 6.45) is 0. The van der Waals surface area contributed by atoms with Gasteiger partial charge in [0, 0.05) is 6.04 Å². The van der Waals surface area contributed by atoms with E-state index in [-0.39, 0.29) is 6.04 Å². The van der Waals surface area contributed by atoms with Gasteiger partial charge in [0.15, 0.2) is 0 Å². The van der Waals surface area contributed by atoms with Crippen LogP contribution < -0.4 is 5.32 Å². The first-order valence-corrected chi connectivity index (χ1v) is 6.95. The Bertz CT molecular complexity index is 590. The van der Waals surface area contributed by atoms with Crippen LogP contribution >= 0.6 is 11.6 Å². The van der Waals surface area contributed by atoms with E-state index in [2.05, 4.69) is 45.1 Å². The van der Waals surface area contributed by atoms with E-state index in [1.165, 1.54) is 22.3 Å². The third kappa shape index (κ3) is 3.10. The van der Waals surface area contributed by atoms with Gasteiger partial charge >= 0.3 is 0 Å². The van der Waals surface area contributed by atoms with Crippen LogP contribution in [0, 0.1) is 20.8 Å². The Labute approximate surface area is 120 Å². The molecule has 0 heterocycles. The molecule has 2 aromatic carbocycles. The summed E-state index contributed by atoms with van der Waals surface area (Å²) in [6.45, 7) is 8.63. The summed E-state index contributed by atoms with van der Waals surface area (Å²) in [4.78, 5) is 0. The van der Waals surface area contributed by atoms with Crippen LogP contribution in [0.4, 0.5) is 5.69 Å². The van der Waals surface area contributed by atoms with Gasteiger partial charge in [-0.15, -0.1) is 0 Å². The molecule has 0 saturated heterocycles. The summed E-state index contributed by atoms with van der Waals surface area (Å²) in [5, 5.41) is 4.24. The number of rotatable bonds is 3. The van der Waals surface area contributed by atoms with Crippen molar-refractivity contribution in [1.29, 1.82) is 0 Å². The average molecular weight is 274 g/mol. The van der Waals surface area contributed by atoms with Gasteiger partial charge in [-0.2, -0.15) is 0 Å². The number of benzene rings is 2. The maximum atomic E-state index is 6.19. The molecule has 0 aliphatic heterocycles. The Balaban J connectivity index is 2.28. The van der Waals surface area contributed by atoms with E-state index in [4.69, 9.17) is 11.6 Å². The highest BCUT2D eigenvalue weighted by Crippen LogP contribution is 2.28. The first-order chi connectivity index (χ1) is 8.99. The molecule has 0 aromatic heterocycles. The highest BCUT2D eigenvalue weighted by molar-refractivity contribution is 6.33. The maximum Gasteiger partial charge on any atom is 0.0637 e. The Morgan fingerprint density at radius 3 is 2.26 bits per heavy atom. The van der Waals surface area contributed by atoms with Gasteiger partial charge < -0.3 is 5.32 Å². The second kappa shape index (κ2) is 5.66. The minimum Gasteiger partial charge on any atom is -0.377 e. The molecule has 0 aliphatic carbocycles. The molecule has 2 aromatic rings. The van der Waals surface area contributed by atoms with Gasteiger partial charge in [-0.1, -0.05) is 35.9 Å². The van der Waals surface area contributed by atoms with Crippen molar-refractivity contribution in [2.24, 2.45) is 0 Å².